The molecule has 0 aromatic rings. The summed E-state index contributed by atoms with van der Waals surface area (Å²) in [6, 6.07) is 0. The molecule has 3 nitrogen and oxygen atoms in total. The van der Waals surface area contributed by atoms with Gasteiger partial charge in [0, 0.05) is 18.6 Å². The summed E-state index contributed by atoms with van der Waals surface area (Å²) in [4.78, 5) is 2.51. The summed E-state index contributed by atoms with van der Waals surface area (Å²) >= 11 is 0. The maximum absolute atomic E-state index is 9.54. The molecule has 0 spiro atoms. The third-order valence-corrected chi connectivity index (χ3v) is 4.29. The van der Waals surface area contributed by atoms with Gasteiger partial charge in [0.15, 0.2) is 0 Å². The van der Waals surface area contributed by atoms with Gasteiger partial charge in [-0.3, -0.25) is 0 Å². The molecule has 2 fully saturated rings. The smallest absolute Gasteiger partial charge is 0.0557 e. The Morgan fingerprint density at radius 1 is 1.19 bits per heavy atom. The SMILES string of the molecule is CC1(C)CCN(CC2(CO)CCOC2)CC1. The first kappa shape index (κ1) is 12.3. The molecular weight excluding hydrogens is 202 g/mol. The Morgan fingerprint density at radius 3 is 2.38 bits per heavy atom. The number of rotatable bonds is 3. The van der Waals surface area contributed by atoms with Gasteiger partial charge in [-0.05, 0) is 37.8 Å². The van der Waals surface area contributed by atoms with E-state index in [0.29, 0.717) is 5.41 Å². The summed E-state index contributed by atoms with van der Waals surface area (Å²) in [5, 5.41) is 9.54. The molecule has 0 saturated carbocycles. The molecule has 0 aromatic heterocycles. The lowest BCUT2D eigenvalue weighted by Gasteiger charge is -2.40. The predicted molar refractivity (Wildman–Crippen MR) is 64.4 cm³/mol. The van der Waals surface area contributed by atoms with Crippen LogP contribution in [0.3, 0.4) is 0 Å². The maximum atomic E-state index is 9.54. The minimum absolute atomic E-state index is 0.0292. The van der Waals surface area contributed by atoms with Crippen LogP contribution < -0.4 is 0 Å². The van der Waals surface area contributed by atoms with Crippen molar-refractivity contribution >= 4 is 0 Å². The third-order valence-electron chi connectivity index (χ3n) is 4.29. The van der Waals surface area contributed by atoms with Crippen molar-refractivity contribution in [2.75, 3.05) is 39.5 Å². The summed E-state index contributed by atoms with van der Waals surface area (Å²) in [6.45, 7) is 9.90. The highest BCUT2D eigenvalue weighted by molar-refractivity contribution is 4.88. The van der Waals surface area contributed by atoms with E-state index < -0.39 is 0 Å². The summed E-state index contributed by atoms with van der Waals surface area (Å²) in [5.41, 5.74) is 0.538. The van der Waals surface area contributed by atoms with Crippen molar-refractivity contribution in [2.45, 2.75) is 33.1 Å². The highest BCUT2D eigenvalue weighted by Gasteiger charge is 2.37. The third kappa shape index (κ3) is 2.76. The Morgan fingerprint density at radius 2 is 1.88 bits per heavy atom. The second-order valence-corrected chi connectivity index (χ2v) is 6.40. The molecule has 0 aliphatic carbocycles. The van der Waals surface area contributed by atoms with Crippen LogP contribution in [0.1, 0.15) is 33.1 Å². The minimum atomic E-state index is 0.0292. The number of likely N-dealkylation sites (tertiary alicyclic amines) is 1. The molecular formula is C13H25NO2. The fourth-order valence-corrected chi connectivity index (χ4v) is 2.74. The van der Waals surface area contributed by atoms with Crippen LogP contribution in [0, 0.1) is 10.8 Å². The molecule has 1 N–H and O–H groups in total. The molecule has 2 aliphatic heterocycles. The van der Waals surface area contributed by atoms with Gasteiger partial charge in [-0.1, -0.05) is 13.8 Å². The van der Waals surface area contributed by atoms with E-state index in [9.17, 15) is 5.11 Å². The van der Waals surface area contributed by atoms with Crippen LogP contribution in [0.15, 0.2) is 0 Å². The molecule has 1 atom stereocenters. The van der Waals surface area contributed by atoms with Crippen LogP contribution in [-0.4, -0.2) is 49.5 Å². The van der Waals surface area contributed by atoms with Gasteiger partial charge in [-0.25, -0.2) is 0 Å². The first-order valence-corrected chi connectivity index (χ1v) is 6.46. The van der Waals surface area contributed by atoms with Crippen molar-refractivity contribution in [1.29, 1.82) is 0 Å². The second-order valence-electron chi connectivity index (χ2n) is 6.40. The van der Waals surface area contributed by atoms with Gasteiger partial charge >= 0.3 is 0 Å². The first-order valence-electron chi connectivity index (χ1n) is 6.46. The van der Waals surface area contributed by atoms with Gasteiger partial charge < -0.3 is 14.7 Å². The number of hydrogen-bond acceptors (Lipinski definition) is 3. The highest BCUT2D eigenvalue weighted by Crippen LogP contribution is 2.34. The van der Waals surface area contributed by atoms with Crippen LogP contribution >= 0.6 is 0 Å². The lowest BCUT2D eigenvalue weighted by Crippen LogP contribution is -2.45. The van der Waals surface area contributed by atoms with Crippen LogP contribution in [-0.2, 0) is 4.74 Å². The van der Waals surface area contributed by atoms with E-state index >= 15 is 0 Å². The maximum Gasteiger partial charge on any atom is 0.0557 e. The zero-order chi connectivity index (χ0) is 11.6. The summed E-state index contributed by atoms with van der Waals surface area (Å²) < 4.78 is 5.45. The van der Waals surface area contributed by atoms with E-state index in [-0.39, 0.29) is 12.0 Å². The zero-order valence-electron chi connectivity index (χ0n) is 10.7. The Bertz CT molecular complexity index is 224. The number of nitrogens with zero attached hydrogens (tertiary/aromatic N) is 1. The number of aliphatic hydroxyl groups is 1. The van der Waals surface area contributed by atoms with Crippen molar-refractivity contribution in [2.24, 2.45) is 10.8 Å². The quantitative estimate of drug-likeness (QED) is 0.793. The minimum Gasteiger partial charge on any atom is -0.396 e. The van der Waals surface area contributed by atoms with E-state index in [1.54, 1.807) is 0 Å². The highest BCUT2D eigenvalue weighted by atomic mass is 16.5. The molecule has 0 aromatic carbocycles. The van der Waals surface area contributed by atoms with Crippen LogP contribution in [0.5, 0.6) is 0 Å². The average molecular weight is 227 g/mol. The molecule has 1 unspecified atom stereocenters. The van der Waals surface area contributed by atoms with Crippen molar-refractivity contribution in [3.8, 4) is 0 Å². The number of piperidine rings is 1. The normalized spacial score (nSPS) is 35.4. The second kappa shape index (κ2) is 4.63. The van der Waals surface area contributed by atoms with Crippen molar-refractivity contribution in [3.63, 3.8) is 0 Å². The largest absolute Gasteiger partial charge is 0.396 e. The molecule has 16 heavy (non-hydrogen) atoms. The van der Waals surface area contributed by atoms with E-state index in [1.165, 1.54) is 25.9 Å². The summed E-state index contributed by atoms with van der Waals surface area (Å²) in [7, 11) is 0. The van der Waals surface area contributed by atoms with Crippen LogP contribution in [0.2, 0.25) is 0 Å². The lowest BCUT2D eigenvalue weighted by atomic mass is 9.81. The molecule has 2 aliphatic rings. The van der Waals surface area contributed by atoms with Gasteiger partial charge in [0.25, 0.3) is 0 Å². The molecule has 0 radical (unpaired) electrons. The fraction of sp³-hybridized carbons (Fsp3) is 1.00. The zero-order valence-corrected chi connectivity index (χ0v) is 10.7. The number of ether oxygens (including phenoxy) is 1. The van der Waals surface area contributed by atoms with Crippen LogP contribution in [0.4, 0.5) is 0 Å². The number of hydrogen-bond donors (Lipinski definition) is 1. The van der Waals surface area contributed by atoms with Gasteiger partial charge in [0.2, 0.25) is 0 Å². The van der Waals surface area contributed by atoms with Crippen molar-refractivity contribution in [1.82, 2.24) is 4.90 Å². The van der Waals surface area contributed by atoms with E-state index in [0.717, 1.165) is 26.2 Å². The number of aliphatic hydroxyl groups excluding tert-OH is 1. The van der Waals surface area contributed by atoms with Gasteiger partial charge in [-0.15, -0.1) is 0 Å². The summed E-state index contributed by atoms with van der Waals surface area (Å²) in [6.07, 6.45) is 3.56. The molecule has 2 rings (SSSR count). The molecule has 2 heterocycles. The van der Waals surface area contributed by atoms with Gasteiger partial charge in [0.1, 0.15) is 0 Å². The molecule has 2 saturated heterocycles. The Labute approximate surface area is 98.8 Å². The topological polar surface area (TPSA) is 32.7 Å². The van der Waals surface area contributed by atoms with E-state index in [2.05, 4.69) is 18.7 Å². The molecule has 94 valence electrons. The average Bonchev–Trinajstić information content (AvgIpc) is 2.71. The van der Waals surface area contributed by atoms with Crippen molar-refractivity contribution in [3.05, 3.63) is 0 Å². The monoisotopic (exact) mass is 227 g/mol. The van der Waals surface area contributed by atoms with Crippen LogP contribution in [0.25, 0.3) is 0 Å². The van der Waals surface area contributed by atoms with E-state index in [4.69, 9.17) is 4.74 Å². The molecule has 3 heteroatoms. The lowest BCUT2D eigenvalue weighted by molar-refractivity contribution is 0.0345. The first-order chi connectivity index (χ1) is 7.55. The van der Waals surface area contributed by atoms with E-state index in [1.807, 2.05) is 0 Å². The Hall–Kier alpha value is -0.120. The fourth-order valence-electron chi connectivity index (χ4n) is 2.74. The standard InChI is InChI=1S/C13H25NO2/c1-12(2)3-6-14(7-4-12)9-13(10-15)5-8-16-11-13/h15H,3-11H2,1-2H3. The Balaban J connectivity index is 1.86. The summed E-state index contributed by atoms with van der Waals surface area (Å²) in [5.74, 6) is 0. The van der Waals surface area contributed by atoms with Crippen molar-refractivity contribution < 1.29 is 9.84 Å². The molecule has 0 bridgehead atoms. The van der Waals surface area contributed by atoms with Gasteiger partial charge in [0.05, 0.1) is 13.2 Å². The Kier molecular flexibility index (Phi) is 3.57. The molecule has 0 amide bonds. The predicted octanol–water partition coefficient (Wildman–Crippen LogP) is 1.51. The van der Waals surface area contributed by atoms with Gasteiger partial charge in [-0.2, -0.15) is 0 Å².